The van der Waals surface area contributed by atoms with Gasteiger partial charge in [0.05, 0.1) is 24.7 Å². The van der Waals surface area contributed by atoms with E-state index in [0.29, 0.717) is 27.5 Å². The first-order valence-corrected chi connectivity index (χ1v) is 9.00. The van der Waals surface area contributed by atoms with Crippen molar-refractivity contribution in [2.24, 2.45) is 0 Å². The molecule has 1 aliphatic rings. The molecule has 0 aliphatic carbocycles. The Morgan fingerprint density at radius 2 is 1.71 bits per heavy atom. The van der Waals surface area contributed by atoms with Gasteiger partial charge in [0.15, 0.2) is 11.5 Å². The van der Waals surface area contributed by atoms with Gasteiger partial charge in [0, 0.05) is 7.05 Å². The molecule has 8 heteroatoms. The zero-order chi connectivity index (χ0) is 20.3. The highest BCUT2D eigenvalue weighted by molar-refractivity contribution is 8.18. The van der Waals surface area contributed by atoms with E-state index in [1.165, 1.54) is 21.3 Å². The van der Waals surface area contributed by atoms with Crippen molar-refractivity contribution in [3.8, 4) is 17.2 Å². The lowest BCUT2D eigenvalue weighted by Crippen LogP contribution is -2.22. The third kappa shape index (κ3) is 4.01. The number of thioether (sulfide) groups is 1. The Kier molecular flexibility index (Phi) is 5.70. The summed E-state index contributed by atoms with van der Waals surface area (Å²) >= 11 is 0.854. The molecule has 0 atom stereocenters. The molecule has 0 saturated carbocycles. The zero-order valence-corrected chi connectivity index (χ0v) is 16.2. The number of methoxy groups -OCH3 is 2. The molecule has 1 fully saturated rings. The number of carbonyl (C=O) groups is 3. The van der Waals surface area contributed by atoms with E-state index in [4.69, 9.17) is 14.2 Å². The Labute approximate surface area is 165 Å². The summed E-state index contributed by atoms with van der Waals surface area (Å²) in [4.78, 5) is 37.4. The van der Waals surface area contributed by atoms with Crippen molar-refractivity contribution in [1.29, 1.82) is 0 Å². The third-order valence-corrected chi connectivity index (χ3v) is 4.96. The molecular weight excluding hydrogens is 382 g/mol. The molecule has 2 aromatic carbocycles. The van der Waals surface area contributed by atoms with E-state index in [2.05, 4.69) is 0 Å². The van der Waals surface area contributed by atoms with Crippen molar-refractivity contribution in [3.63, 3.8) is 0 Å². The zero-order valence-electron chi connectivity index (χ0n) is 15.4. The number of hydrogen-bond donors (Lipinski definition) is 0. The van der Waals surface area contributed by atoms with Gasteiger partial charge in [-0.15, -0.1) is 0 Å². The molecule has 0 aromatic heterocycles. The maximum absolute atomic E-state index is 12.4. The number of hydrogen-bond acceptors (Lipinski definition) is 7. The van der Waals surface area contributed by atoms with Crippen LogP contribution in [0.2, 0.25) is 0 Å². The van der Waals surface area contributed by atoms with Gasteiger partial charge in [-0.25, -0.2) is 4.79 Å². The molecule has 3 rings (SSSR count). The first kappa shape index (κ1) is 19.5. The summed E-state index contributed by atoms with van der Waals surface area (Å²) in [5.74, 6) is 0.256. The van der Waals surface area contributed by atoms with E-state index in [9.17, 15) is 14.4 Å². The quantitative estimate of drug-likeness (QED) is 0.432. The van der Waals surface area contributed by atoms with Crippen LogP contribution in [0.4, 0.5) is 4.79 Å². The van der Waals surface area contributed by atoms with Crippen molar-refractivity contribution >= 4 is 35.0 Å². The van der Waals surface area contributed by atoms with Gasteiger partial charge in [-0.05, 0) is 59.8 Å². The van der Waals surface area contributed by atoms with Crippen LogP contribution in [0.25, 0.3) is 6.08 Å². The minimum atomic E-state index is -0.563. The largest absolute Gasteiger partial charge is 0.497 e. The molecule has 2 aromatic rings. The minimum absolute atomic E-state index is 0.202. The monoisotopic (exact) mass is 399 g/mol. The summed E-state index contributed by atoms with van der Waals surface area (Å²) in [5, 5.41) is -0.337. The molecule has 1 aliphatic heterocycles. The fourth-order valence-corrected chi connectivity index (χ4v) is 3.27. The highest BCUT2D eigenvalue weighted by Crippen LogP contribution is 2.34. The van der Waals surface area contributed by atoms with Gasteiger partial charge in [-0.3, -0.25) is 14.5 Å². The maximum Gasteiger partial charge on any atom is 0.343 e. The van der Waals surface area contributed by atoms with Crippen LogP contribution in [0, 0.1) is 0 Å². The van der Waals surface area contributed by atoms with Crippen LogP contribution in [-0.2, 0) is 4.79 Å². The maximum atomic E-state index is 12.4. The van der Waals surface area contributed by atoms with E-state index >= 15 is 0 Å². The molecule has 0 spiro atoms. The summed E-state index contributed by atoms with van der Waals surface area (Å²) in [6, 6.07) is 11.4. The Bertz CT molecular complexity index is 967. The number of carbonyl (C=O) groups excluding carboxylic acids is 3. The number of benzene rings is 2. The third-order valence-electron chi connectivity index (χ3n) is 4.00. The van der Waals surface area contributed by atoms with Gasteiger partial charge < -0.3 is 14.2 Å². The highest BCUT2D eigenvalue weighted by atomic mass is 32.2. The Balaban J connectivity index is 1.86. The predicted octanol–water partition coefficient (Wildman–Crippen LogP) is 3.59. The normalized spacial score (nSPS) is 15.1. The molecule has 1 heterocycles. The number of rotatable bonds is 5. The van der Waals surface area contributed by atoms with Crippen LogP contribution in [0.3, 0.4) is 0 Å². The molecule has 0 unspecified atom stereocenters. The van der Waals surface area contributed by atoms with Crippen LogP contribution in [-0.4, -0.2) is 43.3 Å². The smallest absolute Gasteiger partial charge is 0.343 e. The summed E-state index contributed by atoms with van der Waals surface area (Å²) in [6.07, 6.45) is 1.57. The average Bonchev–Trinajstić information content (AvgIpc) is 2.95. The van der Waals surface area contributed by atoms with Crippen molar-refractivity contribution in [3.05, 3.63) is 58.5 Å². The van der Waals surface area contributed by atoms with Gasteiger partial charge >= 0.3 is 5.97 Å². The van der Waals surface area contributed by atoms with Crippen molar-refractivity contribution in [2.75, 3.05) is 21.3 Å². The summed E-state index contributed by atoms with van der Waals surface area (Å²) in [5.41, 5.74) is 0.942. The summed E-state index contributed by atoms with van der Waals surface area (Å²) in [6.45, 7) is 0. The lowest BCUT2D eigenvalue weighted by molar-refractivity contribution is -0.121. The number of imide groups is 1. The summed E-state index contributed by atoms with van der Waals surface area (Å²) in [7, 11) is 4.42. The van der Waals surface area contributed by atoms with Gasteiger partial charge in [0.2, 0.25) is 0 Å². The fraction of sp³-hybridized carbons (Fsp3) is 0.150. The molecule has 144 valence electrons. The second-order valence-corrected chi connectivity index (χ2v) is 6.76. The van der Waals surface area contributed by atoms with Crippen molar-refractivity contribution in [2.45, 2.75) is 0 Å². The fourth-order valence-electron chi connectivity index (χ4n) is 2.45. The number of likely N-dealkylation sites (N-methyl/N-ethyl adjacent to an activating group) is 1. The van der Waals surface area contributed by atoms with Gasteiger partial charge in [0.25, 0.3) is 11.1 Å². The lowest BCUT2D eigenvalue weighted by atomic mass is 10.1. The van der Waals surface area contributed by atoms with Gasteiger partial charge in [-0.2, -0.15) is 0 Å². The first-order valence-electron chi connectivity index (χ1n) is 8.18. The molecule has 0 radical (unpaired) electrons. The summed E-state index contributed by atoms with van der Waals surface area (Å²) < 4.78 is 15.8. The van der Waals surface area contributed by atoms with E-state index in [-0.39, 0.29) is 16.9 Å². The highest BCUT2D eigenvalue weighted by Gasteiger charge is 2.31. The second kappa shape index (κ2) is 8.18. The van der Waals surface area contributed by atoms with Crippen LogP contribution < -0.4 is 14.2 Å². The number of esters is 1. The van der Waals surface area contributed by atoms with Crippen LogP contribution >= 0.6 is 11.8 Å². The van der Waals surface area contributed by atoms with Gasteiger partial charge in [-0.1, -0.05) is 6.07 Å². The van der Waals surface area contributed by atoms with E-state index in [1.54, 1.807) is 48.5 Å². The number of ether oxygens (including phenoxy) is 3. The van der Waals surface area contributed by atoms with E-state index < -0.39 is 5.97 Å². The van der Waals surface area contributed by atoms with Crippen LogP contribution in [0.15, 0.2) is 47.4 Å². The van der Waals surface area contributed by atoms with Crippen molar-refractivity contribution in [1.82, 2.24) is 4.90 Å². The SMILES string of the molecule is COc1ccc(C(=O)Oc2cc(C=C3SC(=O)N(C)C3=O)ccc2OC)cc1. The van der Waals surface area contributed by atoms with E-state index in [1.807, 2.05) is 0 Å². The standard InChI is InChI=1S/C20H17NO6S/c1-21-18(22)17(28-20(21)24)11-12-4-9-15(26-3)16(10-12)27-19(23)13-5-7-14(25-2)8-6-13/h4-11H,1-3H3. The molecule has 28 heavy (non-hydrogen) atoms. The predicted molar refractivity (Wildman–Crippen MR) is 105 cm³/mol. The number of nitrogens with zero attached hydrogens (tertiary/aromatic N) is 1. The Morgan fingerprint density at radius 1 is 1.00 bits per heavy atom. The van der Waals surface area contributed by atoms with Crippen LogP contribution in [0.1, 0.15) is 15.9 Å². The first-order chi connectivity index (χ1) is 13.4. The van der Waals surface area contributed by atoms with Gasteiger partial charge in [0.1, 0.15) is 5.75 Å². The lowest BCUT2D eigenvalue weighted by Gasteiger charge is -2.10. The number of amides is 2. The average molecular weight is 399 g/mol. The second-order valence-electron chi connectivity index (χ2n) is 5.77. The molecule has 0 N–H and O–H groups in total. The molecular formula is C20H17NO6S. The molecule has 7 nitrogen and oxygen atoms in total. The van der Waals surface area contributed by atoms with Crippen LogP contribution in [0.5, 0.6) is 17.2 Å². The Morgan fingerprint density at radius 3 is 2.29 bits per heavy atom. The molecule has 2 amide bonds. The Hall–Kier alpha value is -3.26. The molecule has 0 bridgehead atoms. The topological polar surface area (TPSA) is 82.1 Å². The minimum Gasteiger partial charge on any atom is -0.497 e. The van der Waals surface area contributed by atoms with E-state index in [0.717, 1.165) is 16.7 Å². The molecule has 1 saturated heterocycles. The van der Waals surface area contributed by atoms with Crippen molar-refractivity contribution < 1.29 is 28.6 Å².